The maximum atomic E-state index is 12.3. The number of aryl methyl sites for hydroxylation is 1. The van der Waals surface area contributed by atoms with E-state index in [4.69, 9.17) is 11.0 Å². The lowest BCUT2D eigenvalue weighted by atomic mass is 10.1. The van der Waals surface area contributed by atoms with Gasteiger partial charge in [0.05, 0.1) is 11.4 Å². The van der Waals surface area contributed by atoms with Crippen LogP contribution in [0.5, 0.6) is 0 Å². The summed E-state index contributed by atoms with van der Waals surface area (Å²) in [6.45, 7) is 3.66. The number of rotatable bonds is 3. The lowest BCUT2D eigenvalue weighted by molar-refractivity contribution is 0.600. The molecule has 3 N–H and O–H groups in total. The molecule has 0 aliphatic heterocycles. The fraction of sp³-hybridized carbons (Fsp3) is 0.143. The molecule has 0 radical (unpaired) electrons. The predicted molar refractivity (Wildman–Crippen MR) is 80.1 cm³/mol. The second-order valence-electron chi connectivity index (χ2n) is 4.57. The fourth-order valence-corrected chi connectivity index (χ4v) is 2.87. The molecular formula is C14H14N4O2S. The highest BCUT2D eigenvalue weighted by molar-refractivity contribution is 7.92. The van der Waals surface area contributed by atoms with Gasteiger partial charge in [-0.05, 0) is 43.2 Å². The molecule has 0 fully saturated rings. The van der Waals surface area contributed by atoms with Gasteiger partial charge in [0.25, 0.3) is 10.0 Å². The van der Waals surface area contributed by atoms with Crippen molar-refractivity contribution in [2.24, 2.45) is 0 Å². The van der Waals surface area contributed by atoms with Gasteiger partial charge >= 0.3 is 0 Å². The van der Waals surface area contributed by atoms with Gasteiger partial charge in [0, 0.05) is 6.20 Å². The van der Waals surface area contributed by atoms with Crippen molar-refractivity contribution in [3.8, 4) is 6.07 Å². The lowest BCUT2D eigenvalue weighted by Crippen LogP contribution is -2.15. The van der Waals surface area contributed by atoms with Gasteiger partial charge in [-0.3, -0.25) is 4.72 Å². The lowest BCUT2D eigenvalue weighted by Gasteiger charge is -2.14. The van der Waals surface area contributed by atoms with E-state index in [2.05, 4.69) is 9.71 Å². The molecule has 0 aliphatic rings. The first-order valence-electron chi connectivity index (χ1n) is 6.10. The third kappa shape index (κ3) is 2.95. The fourth-order valence-electron chi connectivity index (χ4n) is 1.77. The van der Waals surface area contributed by atoms with Crippen LogP contribution in [-0.2, 0) is 10.0 Å². The molecule has 108 valence electrons. The number of nitrogens with zero attached hydrogens (tertiary/aromatic N) is 2. The van der Waals surface area contributed by atoms with E-state index >= 15 is 0 Å². The average Bonchev–Trinajstić information content (AvgIpc) is 2.48. The third-order valence-corrected chi connectivity index (χ3v) is 4.50. The zero-order valence-corrected chi connectivity index (χ0v) is 12.4. The molecule has 0 atom stereocenters. The summed E-state index contributed by atoms with van der Waals surface area (Å²) in [6.07, 6.45) is 1.14. The predicted octanol–water partition coefficient (Wildman–Crippen LogP) is 1.95. The average molecular weight is 302 g/mol. The van der Waals surface area contributed by atoms with Crippen LogP contribution < -0.4 is 10.5 Å². The molecule has 2 rings (SSSR count). The zero-order chi connectivity index (χ0) is 15.6. The quantitative estimate of drug-likeness (QED) is 0.842. The minimum Gasteiger partial charge on any atom is -0.397 e. The Morgan fingerprint density at radius 2 is 1.95 bits per heavy atom. The van der Waals surface area contributed by atoms with Crippen molar-refractivity contribution in [1.82, 2.24) is 4.98 Å². The molecule has 0 unspecified atom stereocenters. The van der Waals surface area contributed by atoms with Crippen LogP contribution in [0.15, 0.2) is 35.4 Å². The molecule has 7 heteroatoms. The zero-order valence-electron chi connectivity index (χ0n) is 11.6. The van der Waals surface area contributed by atoms with Crippen LogP contribution in [0, 0.1) is 25.2 Å². The topological polar surface area (TPSA) is 109 Å². The van der Waals surface area contributed by atoms with Gasteiger partial charge in [-0.2, -0.15) is 5.26 Å². The molecule has 0 spiro atoms. The molecule has 1 aromatic heterocycles. The van der Waals surface area contributed by atoms with E-state index in [-0.39, 0.29) is 10.6 Å². The number of nitrogen functional groups attached to an aromatic ring is 1. The first-order valence-corrected chi connectivity index (χ1v) is 7.58. The highest BCUT2D eigenvalue weighted by Crippen LogP contribution is 2.28. The molecular weight excluding hydrogens is 288 g/mol. The number of hydrogen-bond acceptors (Lipinski definition) is 5. The van der Waals surface area contributed by atoms with E-state index < -0.39 is 10.0 Å². The summed E-state index contributed by atoms with van der Waals surface area (Å²) in [6, 6.07) is 7.99. The summed E-state index contributed by atoms with van der Waals surface area (Å²) < 4.78 is 27.1. The number of nitrogens with one attached hydrogen (secondary N) is 1. The highest BCUT2D eigenvalue weighted by Gasteiger charge is 2.18. The van der Waals surface area contributed by atoms with Crippen molar-refractivity contribution in [3.05, 3.63) is 47.3 Å². The first-order chi connectivity index (χ1) is 9.85. The number of nitriles is 1. The Morgan fingerprint density at radius 1 is 1.24 bits per heavy atom. The maximum absolute atomic E-state index is 12.3. The Bertz CT molecular complexity index is 821. The Balaban J connectivity index is 2.42. The summed E-state index contributed by atoms with van der Waals surface area (Å²) in [5.74, 6) is 0. The van der Waals surface area contributed by atoms with Crippen molar-refractivity contribution in [2.75, 3.05) is 10.5 Å². The Morgan fingerprint density at radius 3 is 2.52 bits per heavy atom. The normalized spacial score (nSPS) is 10.9. The van der Waals surface area contributed by atoms with E-state index in [0.717, 1.165) is 17.3 Å². The number of hydrogen-bond donors (Lipinski definition) is 2. The van der Waals surface area contributed by atoms with Crippen molar-refractivity contribution >= 4 is 21.4 Å². The maximum Gasteiger partial charge on any atom is 0.263 e. The molecule has 1 heterocycles. The van der Waals surface area contributed by atoms with Crippen LogP contribution in [-0.4, -0.2) is 13.4 Å². The van der Waals surface area contributed by atoms with Gasteiger partial charge in [-0.25, -0.2) is 13.4 Å². The minimum absolute atomic E-state index is 0.0261. The summed E-state index contributed by atoms with van der Waals surface area (Å²) >= 11 is 0. The van der Waals surface area contributed by atoms with Gasteiger partial charge in [0.1, 0.15) is 16.7 Å². The number of sulfonamides is 1. The third-order valence-electron chi connectivity index (χ3n) is 3.17. The van der Waals surface area contributed by atoms with Crippen LogP contribution in [0.2, 0.25) is 0 Å². The molecule has 0 aliphatic carbocycles. The highest BCUT2D eigenvalue weighted by atomic mass is 32.2. The van der Waals surface area contributed by atoms with Gasteiger partial charge in [-0.1, -0.05) is 6.07 Å². The van der Waals surface area contributed by atoms with E-state index in [1.54, 1.807) is 13.0 Å². The molecule has 2 aromatic rings. The van der Waals surface area contributed by atoms with E-state index in [9.17, 15) is 8.42 Å². The van der Waals surface area contributed by atoms with Crippen LogP contribution in [0.3, 0.4) is 0 Å². The van der Waals surface area contributed by atoms with Gasteiger partial charge in [-0.15, -0.1) is 0 Å². The van der Waals surface area contributed by atoms with Crippen molar-refractivity contribution in [3.63, 3.8) is 0 Å². The number of anilines is 2. The SMILES string of the molecule is Cc1ccc(N)c(NS(=O)(=O)c2ccc(C#N)nc2)c1C. The van der Waals surface area contributed by atoms with Gasteiger partial charge < -0.3 is 5.73 Å². The number of aromatic nitrogens is 1. The molecule has 6 nitrogen and oxygen atoms in total. The number of nitrogens with two attached hydrogens (primary N) is 1. The smallest absolute Gasteiger partial charge is 0.263 e. The van der Waals surface area contributed by atoms with Crippen molar-refractivity contribution in [2.45, 2.75) is 18.7 Å². The Kier molecular flexibility index (Phi) is 3.82. The van der Waals surface area contributed by atoms with E-state index in [0.29, 0.717) is 11.4 Å². The largest absolute Gasteiger partial charge is 0.397 e. The molecule has 1 aromatic carbocycles. The molecule has 0 saturated heterocycles. The van der Waals surface area contributed by atoms with Gasteiger partial charge in [0.2, 0.25) is 0 Å². The Hall–Kier alpha value is -2.59. The second kappa shape index (κ2) is 5.42. The van der Waals surface area contributed by atoms with E-state index in [1.807, 2.05) is 19.1 Å². The monoisotopic (exact) mass is 302 g/mol. The van der Waals surface area contributed by atoms with Crippen LogP contribution in [0.1, 0.15) is 16.8 Å². The molecule has 21 heavy (non-hydrogen) atoms. The second-order valence-corrected chi connectivity index (χ2v) is 6.25. The van der Waals surface area contributed by atoms with Crippen LogP contribution >= 0.6 is 0 Å². The molecule has 0 saturated carbocycles. The van der Waals surface area contributed by atoms with E-state index in [1.165, 1.54) is 12.1 Å². The molecule has 0 amide bonds. The van der Waals surface area contributed by atoms with Crippen molar-refractivity contribution in [1.29, 1.82) is 5.26 Å². The van der Waals surface area contributed by atoms with Crippen LogP contribution in [0.25, 0.3) is 0 Å². The standard InChI is InChI=1S/C14H14N4O2S/c1-9-3-6-13(16)14(10(9)2)18-21(19,20)12-5-4-11(7-15)17-8-12/h3-6,8,18H,16H2,1-2H3. The Labute approximate surface area is 123 Å². The number of benzene rings is 1. The summed E-state index contributed by atoms with van der Waals surface area (Å²) in [5.41, 5.74) is 8.39. The number of pyridine rings is 1. The van der Waals surface area contributed by atoms with Gasteiger partial charge in [0.15, 0.2) is 0 Å². The van der Waals surface area contributed by atoms with Crippen molar-refractivity contribution < 1.29 is 8.42 Å². The molecule has 0 bridgehead atoms. The first kappa shape index (κ1) is 14.8. The minimum atomic E-state index is -3.80. The summed E-state index contributed by atoms with van der Waals surface area (Å²) in [7, 11) is -3.80. The van der Waals surface area contributed by atoms with Crippen LogP contribution in [0.4, 0.5) is 11.4 Å². The summed E-state index contributed by atoms with van der Waals surface area (Å²) in [4.78, 5) is 3.73. The summed E-state index contributed by atoms with van der Waals surface area (Å²) in [5, 5.41) is 8.68.